The smallest absolute Gasteiger partial charge is 0.328 e. The van der Waals surface area contributed by atoms with Crippen LogP contribution in [0.15, 0.2) is 41.5 Å². The number of para-hydroxylation sites is 1. The minimum Gasteiger partial charge on any atom is -0.491 e. The molecule has 0 bridgehead atoms. The first-order chi connectivity index (χ1) is 9.63. The summed E-state index contributed by atoms with van der Waals surface area (Å²) < 4.78 is 9.07. The number of aromatic nitrogens is 2. The van der Waals surface area contributed by atoms with Gasteiger partial charge in [-0.1, -0.05) is 18.2 Å². The van der Waals surface area contributed by atoms with E-state index in [9.17, 15) is 4.79 Å². The largest absolute Gasteiger partial charge is 0.491 e. The van der Waals surface area contributed by atoms with Crippen LogP contribution in [0.5, 0.6) is 5.75 Å². The molecule has 0 amide bonds. The maximum absolute atomic E-state index is 12.0. The number of nitrogens with zero attached hydrogens (tertiary/aromatic N) is 2. The molecule has 0 spiro atoms. The average molecular weight is 275 g/mol. The third-order valence-corrected chi connectivity index (χ3v) is 3.21. The second-order valence-corrected chi connectivity index (χ2v) is 4.94. The minimum atomic E-state index is -0.00397. The van der Waals surface area contributed by atoms with Gasteiger partial charge in [0.25, 0.3) is 0 Å². The van der Waals surface area contributed by atoms with Crippen LogP contribution in [-0.4, -0.2) is 15.7 Å². The molecule has 2 aromatic rings. The second kappa shape index (κ2) is 6.43. The Balaban J connectivity index is 1.98. The molecule has 0 saturated carbocycles. The molecule has 0 saturated heterocycles. The van der Waals surface area contributed by atoms with Crippen LogP contribution < -0.4 is 16.2 Å². The molecule has 1 aromatic heterocycles. The zero-order valence-electron chi connectivity index (χ0n) is 12.0. The van der Waals surface area contributed by atoms with Gasteiger partial charge in [0, 0.05) is 30.5 Å². The van der Waals surface area contributed by atoms with E-state index in [1.165, 1.54) is 0 Å². The van der Waals surface area contributed by atoms with Gasteiger partial charge in [-0.25, -0.2) is 4.79 Å². The molecule has 0 aliphatic heterocycles. The van der Waals surface area contributed by atoms with Crippen molar-refractivity contribution in [3.05, 3.63) is 52.7 Å². The number of benzene rings is 1. The van der Waals surface area contributed by atoms with Crippen LogP contribution in [0.25, 0.3) is 0 Å². The maximum Gasteiger partial charge on any atom is 0.328 e. The average Bonchev–Trinajstić information content (AvgIpc) is 2.81. The van der Waals surface area contributed by atoms with E-state index >= 15 is 0 Å². The normalized spacial score (nSPS) is 11.0. The molecule has 2 rings (SSSR count). The first-order valence-corrected chi connectivity index (χ1v) is 6.81. The molecule has 0 atom stereocenters. The summed E-state index contributed by atoms with van der Waals surface area (Å²) in [6, 6.07) is 7.85. The molecule has 0 aliphatic rings. The van der Waals surface area contributed by atoms with Crippen molar-refractivity contribution in [1.82, 2.24) is 9.13 Å². The van der Waals surface area contributed by atoms with Gasteiger partial charge in [-0.05, 0) is 19.9 Å². The van der Waals surface area contributed by atoms with Crippen LogP contribution >= 0.6 is 0 Å². The maximum atomic E-state index is 12.0. The Bertz CT molecular complexity index is 614. The zero-order chi connectivity index (χ0) is 14.5. The molecule has 1 heterocycles. The lowest BCUT2D eigenvalue weighted by atomic mass is 10.2. The highest BCUT2D eigenvalue weighted by atomic mass is 16.5. The number of imidazole rings is 1. The predicted octanol–water partition coefficient (Wildman–Crippen LogP) is 1.77. The Morgan fingerprint density at radius 1 is 1.25 bits per heavy atom. The lowest BCUT2D eigenvalue weighted by molar-refractivity contribution is 0.292. The summed E-state index contributed by atoms with van der Waals surface area (Å²) in [6.45, 7) is 5.38. The Morgan fingerprint density at radius 2 is 2.00 bits per heavy atom. The van der Waals surface area contributed by atoms with E-state index in [1.54, 1.807) is 21.5 Å². The molecule has 20 heavy (non-hydrogen) atoms. The van der Waals surface area contributed by atoms with E-state index < -0.39 is 0 Å². The molecule has 0 fully saturated rings. The Hall–Kier alpha value is -2.01. The monoisotopic (exact) mass is 275 g/mol. The molecule has 0 unspecified atom stereocenters. The highest BCUT2D eigenvalue weighted by molar-refractivity contribution is 5.32. The van der Waals surface area contributed by atoms with Crippen molar-refractivity contribution in [2.45, 2.75) is 33.0 Å². The van der Waals surface area contributed by atoms with Gasteiger partial charge in [0.2, 0.25) is 0 Å². The number of nitrogens with two attached hydrogens (primary N) is 1. The summed E-state index contributed by atoms with van der Waals surface area (Å²) in [4.78, 5) is 12.0. The van der Waals surface area contributed by atoms with E-state index in [4.69, 9.17) is 10.5 Å². The Kier molecular flexibility index (Phi) is 4.63. The van der Waals surface area contributed by atoms with Crippen LogP contribution in [-0.2, 0) is 13.1 Å². The van der Waals surface area contributed by atoms with Crippen molar-refractivity contribution in [1.29, 1.82) is 0 Å². The van der Waals surface area contributed by atoms with Gasteiger partial charge < -0.3 is 10.5 Å². The van der Waals surface area contributed by atoms with Crippen LogP contribution in [0, 0.1) is 0 Å². The molecule has 2 N–H and O–H groups in total. The first kappa shape index (κ1) is 14.4. The van der Waals surface area contributed by atoms with Crippen LogP contribution in [0.3, 0.4) is 0 Å². The standard InChI is InChI=1S/C15H21N3O2/c1-12(2)18-8-7-17(15(18)19)9-10-20-14-6-4-3-5-13(14)11-16/h3-8,12H,9-11,16H2,1-2H3. The van der Waals surface area contributed by atoms with Gasteiger partial charge in [-0.3, -0.25) is 9.13 Å². The van der Waals surface area contributed by atoms with E-state index in [-0.39, 0.29) is 11.7 Å². The summed E-state index contributed by atoms with van der Waals surface area (Å²) in [5.41, 5.74) is 6.62. The van der Waals surface area contributed by atoms with E-state index in [0.717, 1.165) is 11.3 Å². The molecule has 108 valence electrons. The fraction of sp³-hybridized carbons (Fsp3) is 0.400. The SMILES string of the molecule is CC(C)n1ccn(CCOc2ccccc2CN)c1=O. The fourth-order valence-corrected chi connectivity index (χ4v) is 2.06. The van der Waals surface area contributed by atoms with Gasteiger partial charge in [0.1, 0.15) is 12.4 Å². The van der Waals surface area contributed by atoms with Crippen LogP contribution in [0.2, 0.25) is 0 Å². The predicted molar refractivity (Wildman–Crippen MR) is 78.9 cm³/mol. The Labute approximate surface area is 118 Å². The Morgan fingerprint density at radius 3 is 2.65 bits per heavy atom. The highest BCUT2D eigenvalue weighted by Gasteiger charge is 2.06. The molecule has 0 aliphatic carbocycles. The summed E-state index contributed by atoms with van der Waals surface area (Å²) in [6.07, 6.45) is 3.60. The summed E-state index contributed by atoms with van der Waals surface area (Å²) in [5, 5.41) is 0. The van der Waals surface area contributed by atoms with Crippen molar-refractivity contribution < 1.29 is 4.74 Å². The van der Waals surface area contributed by atoms with Crippen molar-refractivity contribution in [3.8, 4) is 5.75 Å². The van der Waals surface area contributed by atoms with E-state index in [1.807, 2.05) is 38.1 Å². The van der Waals surface area contributed by atoms with E-state index in [2.05, 4.69) is 0 Å². The summed E-state index contributed by atoms with van der Waals surface area (Å²) >= 11 is 0. The number of hydrogen-bond acceptors (Lipinski definition) is 3. The van der Waals surface area contributed by atoms with Crippen molar-refractivity contribution in [2.24, 2.45) is 5.73 Å². The van der Waals surface area contributed by atoms with E-state index in [0.29, 0.717) is 19.7 Å². The fourth-order valence-electron chi connectivity index (χ4n) is 2.06. The number of ether oxygens (including phenoxy) is 1. The molecule has 5 heteroatoms. The van der Waals surface area contributed by atoms with Gasteiger partial charge >= 0.3 is 5.69 Å². The lowest BCUT2D eigenvalue weighted by Gasteiger charge is -2.10. The minimum absolute atomic E-state index is 0.00397. The molecular formula is C15H21N3O2. The lowest BCUT2D eigenvalue weighted by Crippen LogP contribution is -2.27. The van der Waals surface area contributed by atoms with Gasteiger partial charge in [-0.2, -0.15) is 0 Å². The van der Waals surface area contributed by atoms with Gasteiger partial charge in [-0.15, -0.1) is 0 Å². The molecule has 1 aromatic carbocycles. The van der Waals surface area contributed by atoms with Crippen molar-refractivity contribution in [2.75, 3.05) is 6.61 Å². The second-order valence-electron chi connectivity index (χ2n) is 4.94. The quantitative estimate of drug-likeness (QED) is 0.874. The molecule has 5 nitrogen and oxygen atoms in total. The summed E-state index contributed by atoms with van der Waals surface area (Å²) in [7, 11) is 0. The molecular weight excluding hydrogens is 254 g/mol. The molecule has 0 radical (unpaired) electrons. The zero-order valence-corrected chi connectivity index (χ0v) is 12.0. The van der Waals surface area contributed by atoms with Crippen LogP contribution in [0.4, 0.5) is 0 Å². The number of hydrogen-bond donors (Lipinski definition) is 1. The highest BCUT2D eigenvalue weighted by Crippen LogP contribution is 2.16. The number of rotatable bonds is 6. The first-order valence-electron chi connectivity index (χ1n) is 6.81. The van der Waals surface area contributed by atoms with Gasteiger partial charge in [0.05, 0.1) is 6.54 Å². The summed E-state index contributed by atoms with van der Waals surface area (Å²) in [5.74, 6) is 0.784. The van der Waals surface area contributed by atoms with Crippen molar-refractivity contribution >= 4 is 0 Å². The van der Waals surface area contributed by atoms with Gasteiger partial charge in [0.15, 0.2) is 0 Å². The third-order valence-electron chi connectivity index (χ3n) is 3.21. The third kappa shape index (κ3) is 3.11. The topological polar surface area (TPSA) is 62.2 Å². The van der Waals surface area contributed by atoms with Crippen LogP contribution in [0.1, 0.15) is 25.5 Å². The van der Waals surface area contributed by atoms with Crippen molar-refractivity contribution in [3.63, 3.8) is 0 Å².